The first-order valence-corrected chi connectivity index (χ1v) is 23.7. The zero-order valence-corrected chi connectivity index (χ0v) is 35.4. The van der Waals surface area contributed by atoms with Crippen LogP contribution in [0.1, 0.15) is 200 Å². The van der Waals surface area contributed by atoms with Crippen molar-refractivity contribution >= 4 is 22.1 Å². The topological polar surface area (TPSA) is 186 Å². The second kappa shape index (κ2) is 33.6. The smallest absolute Gasteiger partial charge is 0.306 e. The summed E-state index contributed by atoms with van der Waals surface area (Å²) in [5, 5.41) is 30.8. The van der Waals surface area contributed by atoms with Crippen LogP contribution in [0, 0.1) is 0 Å². The van der Waals surface area contributed by atoms with E-state index >= 15 is 0 Å². The van der Waals surface area contributed by atoms with Gasteiger partial charge in [0, 0.05) is 12.8 Å². The Morgan fingerprint density at radius 1 is 0.545 bits per heavy atom. The molecule has 12 nitrogen and oxygen atoms in total. The number of carbonyl (C=O) groups excluding carboxylic acids is 2. The Kier molecular flexibility index (Phi) is 31.6. The highest BCUT2D eigenvalue weighted by Crippen LogP contribution is 2.24. The number of hydrogen-bond donors (Lipinski definition) is 4. The molecule has 0 saturated carbocycles. The molecule has 0 bridgehead atoms. The van der Waals surface area contributed by atoms with E-state index in [1.54, 1.807) is 0 Å². The number of hydrogen-bond acceptors (Lipinski definition) is 11. The molecule has 0 aromatic carbocycles. The molecule has 326 valence electrons. The van der Waals surface area contributed by atoms with Gasteiger partial charge in [0.2, 0.25) is 0 Å². The highest BCUT2D eigenvalue weighted by atomic mass is 32.2. The Balaban J connectivity index is 2.45. The van der Waals surface area contributed by atoms with Crippen molar-refractivity contribution in [2.45, 2.75) is 237 Å². The van der Waals surface area contributed by atoms with Crippen LogP contribution < -0.4 is 0 Å². The molecular weight excluding hydrogens is 729 g/mol. The summed E-state index contributed by atoms with van der Waals surface area (Å²) in [5.74, 6) is -1.96. The van der Waals surface area contributed by atoms with Crippen LogP contribution in [0.15, 0.2) is 0 Å². The van der Waals surface area contributed by atoms with E-state index in [4.69, 9.17) is 18.9 Å². The van der Waals surface area contributed by atoms with Crippen molar-refractivity contribution in [2.75, 3.05) is 19.0 Å². The lowest BCUT2D eigenvalue weighted by molar-refractivity contribution is -0.297. The predicted molar refractivity (Wildman–Crippen MR) is 215 cm³/mol. The summed E-state index contributed by atoms with van der Waals surface area (Å²) in [7, 11) is -4.59. The molecule has 55 heavy (non-hydrogen) atoms. The zero-order valence-electron chi connectivity index (χ0n) is 34.6. The SMILES string of the molecule is CCCCCCCCCCCCCCCCC(=O)OC[C@H](CO[C@H]1O[C@H](CS(=O)(=O)O)[C@@H](O)C(O)C1O)OC(=O)CCCCCCCCCCCCCCC. The van der Waals surface area contributed by atoms with Crippen LogP contribution in [-0.4, -0.2) is 96.0 Å². The third-order valence-electron chi connectivity index (χ3n) is 10.4. The Morgan fingerprint density at radius 3 is 1.33 bits per heavy atom. The van der Waals surface area contributed by atoms with Crippen molar-refractivity contribution in [1.82, 2.24) is 0 Å². The van der Waals surface area contributed by atoms with E-state index in [-0.39, 0.29) is 19.4 Å². The van der Waals surface area contributed by atoms with Gasteiger partial charge < -0.3 is 34.3 Å². The van der Waals surface area contributed by atoms with E-state index in [0.717, 1.165) is 38.5 Å². The summed E-state index contributed by atoms with van der Waals surface area (Å²) >= 11 is 0. The summed E-state index contributed by atoms with van der Waals surface area (Å²) in [6.07, 6.45) is 22.9. The lowest BCUT2D eigenvalue weighted by atomic mass is 10.00. The average molecular weight is 809 g/mol. The van der Waals surface area contributed by atoms with Crippen LogP contribution in [0.2, 0.25) is 0 Å². The maximum absolute atomic E-state index is 12.8. The molecule has 1 fully saturated rings. The molecule has 0 amide bonds. The molecule has 13 heteroatoms. The van der Waals surface area contributed by atoms with Crippen molar-refractivity contribution in [3.8, 4) is 0 Å². The minimum atomic E-state index is -4.59. The first kappa shape index (κ1) is 51.7. The van der Waals surface area contributed by atoms with E-state index in [2.05, 4.69) is 13.8 Å². The summed E-state index contributed by atoms with van der Waals surface area (Å²) in [5.41, 5.74) is 0. The van der Waals surface area contributed by atoms with Gasteiger partial charge >= 0.3 is 11.9 Å². The van der Waals surface area contributed by atoms with Gasteiger partial charge in [-0.1, -0.05) is 174 Å². The van der Waals surface area contributed by atoms with Gasteiger partial charge in [-0.05, 0) is 12.8 Å². The Bertz CT molecular complexity index is 1040. The highest BCUT2D eigenvalue weighted by molar-refractivity contribution is 7.85. The Labute approximate surface area is 333 Å². The first-order valence-electron chi connectivity index (χ1n) is 22.1. The second-order valence-electron chi connectivity index (χ2n) is 15.7. The molecule has 6 atom stereocenters. The molecule has 0 aromatic rings. The molecule has 0 radical (unpaired) electrons. The fraction of sp³-hybridized carbons (Fsp3) is 0.952. The van der Waals surface area contributed by atoms with Crippen molar-refractivity contribution < 1.29 is 56.8 Å². The molecule has 1 rings (SSSR count). The van der Waals surface area contributed by atoms with Gasteiger partial charge in [-0.3, -0.25) is 14.1 Å². The summed E-state index contributed by atoms with van der Waals surface area (Å²) < 4.78 is 54.0. The molecule has 1 heterocycles. The van der Waals surface area contributed by atoms with Crippen LogP contribution >= 0.6 is 0 Å². The standard InChI is InChI=1S/C42H80O12S/c1-3-5-7-9-11-13-15-17-19-20-22-24-26-28-30-37(43)51-32-35(33-52-42-41(47)40(46)39(45)36(54-42)34-55(48,49)50)53-38(44)31-29-27-25-23-21-18-16-14-12-10-8-6-4-2/h35-36,39-42,45-47H,3-34H2,1-2H3,(H,48,49,50)/t35-,36-,39-,40?,41?,42+/m1/s1. The summed E-state index contributed by atoms with van der Waals surface area (Å²) in [6, 6.07) is 0. The molecule has 0 aromatic heterocycles. The zero-order chi connectivity index (χ0) is 40.6. The Morgan fingerprint density at radius 2 is 0.927 bits per heavy atom. The molecule has 4 N–H and O–H groups in total. The maximum Gasteiger partial charge on any atom is 0.306 e. The predicted octanol–water partition coefficient (Wildman–Crippen LogP) is 8.51. The fourth-order valence-corrected chi connectivity index (χ4v) is 7.66. The lowest BCUT2D eigenvalue weighted by Crippen LogP contribution is -2.60. The van der Waals surface area contributed by atoms with Gasteiger partial charge in [-0.2, -0.15) is 8.42 Å². The van der Waals surface area contributed by atoms with E-state index in [1.165, 1.54) is 122 Å². The third kappa shape index (κ3) is 28.7. The average Bonchev–Trinajstić information content (AvgIpc) is 3.14. The number of unbranched alkanes of at least 4 members (excludes halogenated alkanes) is 25. The minimum absolute atomic E-state index is 0.172. The molecule has 2 unspecified atom stereocenters. The number of aliphatic hydroxyl groups excluding tert-OH is 3. The monoisotopic (exact) mass is 809 g/mol. The maximum atomic E-state index is 12.8. The molecule has 1 aliphatic rings. The van der Waals surface area contributed by atoms with Crippen molar-refractivity contribution in [3.63, 3.8) is 0 Å². The quantitative estimate of drug-likeness (QED) is 0.0267. The normalized spacial score (nSPS) is 20.7. The minimum Gasteiger partial charge on any atom is -0.462 e. The van der Waals surface area contributed by atoms with E-state index < -0.39 is 71.2 Å². The van der Waals surface area contributed by atoms with E-state index in [0.29, 0.717) is 12.8 Å². The van der Waals surface area contributed by atoms with Gasteiger partial charge in [-0.15, -0.1) is 0 Å². The number of carbonyl (C=O) groups is 2. The molecule has 1 saturated heterocycles. The lowest BCUT2D eigenvalue weighted by Gasteiger charge is -2.40. The fourth-order valence-electron chi connectivity index (χ4n) is 6.97. The van der Waals surface area contributed by atoms with Crippen LogP contribution in [0.3, 0.4) is 0 Å². The van der Waals surface area contributed by atoms with Crippen molar-refractivity contribution in [1.29, 1.82) is 0 Å². The Hall–Kier alpha value is -1.35. The molecule has 0 spiro atoms. The summed E-state index contributed by atoms with van der Waals surface area (Å²) in [4.78, 5) is 25.3. The highest BCUT2D eigenvalue weighted by Gasteiger charge is 2.46. The van der Waals surface area contributed by atoms with Crippen LogP contribution in [0.4, 0.5) is 0 Å². The number of esters is 2. The van der Waals surface area contributed by atoms with E-state index in [1.807, 2.05) is 0 Å². The van der Waals surface area contributed by atoms with Crippen LogP contribution in [-0.2, 0) is 38.7 Å². The van der Waals surface area contributed by atoms with E-state index in [9.17, 15) is 37.9 Å². The number of aliphatic hydroxyl groups is 3. The largest absolute Gasteiger partial charge is 0.462 e. The van der Waals surface area contributed by atoms with Crippen LogP contribution in [0.25, 0.3) is 0 Å². The number of rotatable bonds is 37. The molecule has 1 aliphatic heterocycles. The molecular formula is C42H80O12S. The molecule has 0 aliphatic carbocycles. The number of ether oxygens (including phenoxy) is 4. The van der Waals surface area contributed by atoms with Gasteiger partial charge in [0.05, 0.1) is 6.61 Å². The van der Waals surface area contributed by atoms with Crippen molar-refractivity contribution in [3.05, 3.63) is 0 Å². The van der Waals surface area contributed by atoms with Gasteiger partial charge in [-0.25, -0.2) is 0 Å². The van der Waals surface area contributed by atoms with Crippen LogP contribution in [0.5, 0.6) is 0 Å². The van der Waals surface area contributed by atoms with Gasteiger partial charge in [0.25, 0.3) is 10.1 Å². The van der Waals surface area contributed by atoms with Gasteiger partial charge in [0.15, 0.2) is 12.4 Å². The van der Waals surface area contributed by atoms with Gasteiger partial charge in [0.1, 0.15) is 36.8 Å². The van der Waals surface area contributed by atoms with Crippen molar-refractivity contribution in [2.24, 2.45) is 0 Å². The first-order chi connectivity index (χ1) is 26.5. The summed E-state index contributed by atoms with van der Waals surface area (Å²) in [6.45, 7) is 3.77. The third-order valence-corrected chi connectivity index (χ3v) is 11.2. The second-order valence-corrected chi connectivity index (χ2v) is 17.2.